The third-order valence-corrected chi connectivity index (χ3v) is 0. The number of allylic oxidation sites excluding steroid dienone is 1. The Balaban J connectivity index is -0.00000000825. The second-order valence-electron chi connectivity index (χ2n) is 0.289. The van der Waals surface area contributed by atoms with Gasteiger partial charge in [0.1, 0.15) is 0 Å². The van der Waals surface area contributed by atoms with Gasteiger partial charge in [0.2, 0.25) is 0 Å². The third-order valence-electron chi connectivity index (χ3n) is 0. The summed E-state index contributed by atoms with van der Waals surface area (Å²) >= 11 is 0. The molecule has 0 unspecified atom stereocenters. The Bertz CT molecular complexity index is 30.9. The first-order chi connectivity index (χ1) is 3.41. The first-order valence-corrected chi connectivity index (χ1v) is 1.44. The molecule has 0 rings (SSSR count). The van der Waals surface area contributed by atoms with E-state index < -0.39 is 0 Å². The minimum Gasteiger partial charge on any atom is -0.463 e. The van der Waals surface area contributed by atoms with Crippen molar-refractivity contribution in [3.8, 4) is 0 Å². The molecule has 0 aliphatic carbocycles. The summed E-state index contributed by atoms with van der Waals surface area (Å²) in [7, 11) is 1.75. The van der Waals surface area contributed by atoms with Crippen LogP contribution < -0.4 is 0 Å². The van der Waals surface area contributed by atoms with Crippen molar-refractivity contribution in [3.05, 3.63) is 26.8 Å². The molecule has 1 nitrogen and oxygen atoms in total. The summed E-state index contributed by atoms with van der Waals surface area (Å²) in [5.41, 5.74) is 0. The molecule has 0 amide bonds. The van der Waals surface area contributed by atoms with Crippen LogP contribution in [0.5, 0.6) is 0 Å². The van der Waals surface area contributed by atoms with Gasteiger partial charge < -0.3 is 9.80 Å². The van der Waals surface area contributed by atoms with Gasteiger partial charge >= 0.3 is 23.1 Å². The van der Waals surface area contributed by atoms with Gasteiger partial charge in [0.25, 0.3) is 0 Å². The van der Waals surface area contributed by atoms with E-state index in [0.29, 0.717) is 0 Å². The molecule has 1 N–H and O–H groups in total. The second-order valence-corrected chi connectivity index (χ2v) is 0.289. The van der Waals surface area contributed by atoms with E-state index in [0.717, 1.165) is 0 Å². The van der Waals surface area contributed by atoms with Crippen molar-refractivity contribution in [3.63, 3.8) is 0 Å². The maximum Gasteiger partial charge on any atom is 2.00 e. The van der Waals surface area contributed by atoms with Gasteiger partial charge in [-0.15, -0.1) is 17.0 Å². The predicted molar refractivity (Wildman–Crippen MR) is 47.9 cm³/mol. The Labute approximate surface area is 83.2 Å². The normalized spacial score (nSPS) is 2.44. The van der Waals surface area contributed by atoms with Crippen LogP contribution in [0.4, 0.5) is 4.39 Å². The number of hydrogen-bond donors (Lipinski definition) is 1. The van der Waals surface area contributed by atoms with E-state index in [-0.39, 0.29) is 40.0 Å². The quantitative estimate of drug-likeness (QED) is 0.358. The zero-order valence-electron chi connectivity index (χ0n) is 5.40. The first-order valence-electron chi connectivity index (χ1n) is 1.44. The van der Waals surface area contributed by atoms with Crippen LogP contribution >= 0.6 is 17.0 Å². The zero-order valence-corrected chi connectivity index (χ0v) is 8.53. The molecule has 0 aliphatic heterocycles. The van der Waals surface area contributed by atoms with Crippen LogP contribution in [0.1, 0.15) is 0 Å². The average Bonchev–Trinajstić information content (AvgIpc) is 1.78. The fourth-order valence-electron chi connectivity index (χ4n) is 0. The van der Waals surface area contributed by atoms with Crippen LogP contribution in [0.25, 0.3) is 0 Å². The summed E-state index contributed by atoms with van der Waals surface area (Å²) in [6.07, 6.45) is 1.50. The Kier molecular flexibility index (Phi) is 839. The Morgan fingerprint density at radius 2 is 1.33 bits per heavy atom. The molecule has 0 radical (unpaired) electrons. The summed E-state index contributed by atoms with van der Waals surface area (Å²) in [5, 5.41) is 5.50. The standard InChI is InChI=1S/C3H5.CH2F.CH3N.BrH.Mg/c1-3-2;2*1-2;;/h3H,1-2H2;1H2;2H,1H2;1H;/q2*-1;;;+2. The molecule has 0 bridgehead atoms. The Hall–Kier alpha value is 0.456. The van der Waals surface area contributed by atoms with Crippen molar-refractivity contribution in [1.29, 1.82) is 5.41 Å². The van der Waals surface area contributed by atoms with E-state index in [9.17, 15) is 4.39 Å². The van der Waals surface area contributed by atoms with Crippen LogP contribution in [0.3, 0.4) is 0 Å². The Morgan fingerprint density at radius 1 is 1.33 bits per heavy atom. The molecule has 4 heteroatoms. The summed E-state index contributed by atoms with van der Waals surface area (Å²) in [5.74, 6) is 0. The maximum atomic E-state index is 9.25. The molecule has 0 aromatic carbocycles. The monoisotopic (exact) mass is 207 g/mol. The molecule has 0 heterocycles. The van der Waals surface area contributed by atoms with E-state index in [2.05, 4.69) is 20.2 Å². The number of nitrogens with one attached hydrogen (secondary N) is 1. The first kappa shape index (κ1) is 34.1. The van der Waals surface area contributed by atoms with Gasteiger partial charge in [-0.3, -0.25) is 0 Å². The molecule has 0 spiro atoms. The second kappa shape index (κ2) is 222. The van der Waals surface area contributed by atoms with Gasteiger partial charge in [-0.1, -0.05) is 0 Å². The minimum absolute atomic E-state index is 0. The fraction of sp³-hybridized carbons (Fsp3) is 0. The van der Waals surface area contributed by atoms with E-state index >= 15 is 0 Å². The van der Waals surface area contributed by atoms with Crippen LogP contribution in [0.2, 0.25) is 0 Å². The van der Waals surface area contributed by atoms with Gasteiger partial charge in [0.05, 0.1) is 0 Å². The fourth-order valence-corrected chi connectivity index (χ4v) is 0. The summed E-state index contributed by atoms with van der Waals surface area (Å²) < 4.78 is 9.25. The average molecular weight is 208 g/mol. The molecule has 0 aromatic rings. The number of rotatable bonds is 0. The Morgan fingerprint density at radius 3 is 1.33 bits per heavy atom. The minimum atomic E-state index is 0. The van der Waals surface area contributed by atoms with Crippen molar-refractivity contribution in [1.82, 2.24) is 0 Å². The molecule has 0 aromatic heterocycles. The van der Waals surface area contributed by atoms with Gasteiger partial charge in [0, 0.05) is 0 Å². The molecule has 0 aliphatic rings. The van der Waals surface area contributed by atoms with E-state index in [1.807, 2.05) is 0 Å². The molecular formula is C5H11BrFMgN. The van der Waals surface area contributed by atoms with Crippen molar-refractivity contribution < 1.29 is 4.39 Å². The van der Waals surface area contributed by atoms with E-state index in [4.69, 9.17) is 5.41 Å². The van der Waals surface area contributed by atoms with Crippen molar-refractivity contribution >= 4 is 46.8 Å². The molecule has 0 atom stereocenters. The predicted octanol–water partition coefficient (Wildman–Crippen LogP) is 2.22. The molecule has 9 heavy (non-hydrogen) atoms. The van der Waals surface area contributed by atoms with Gasteiger partial charge in [-0.2, -0.15) is 7.18 Å². The summed E-state index contributed by atoms with van der Waals surface area (Å²) in [6, 6.07) is 0. The summed E-state index contributed by atoms with van der Waals surface area (Å²) in [6.45, 7) is 9.00. The molecular weight excluding hydrogens is 197 g/mol. The largest absolute Gasteiger partial charge is 2.00 e. The van der Waals surface area contributed by atoms with Crippen LogP contribution in [0.15, 0.2) is 12.7 Å². The van der Waals surface area contributed by atoms with Gasteiger partial charge in [0.15, 0.2) is 0 Å². The molecule has 0 fully saturated rings. The number of halogens is 2. The topological polar surface area (TPSA) is 23.9 Å². The van der Waals surface area contributed by atoms with Crippen molar-refractivity contribution in [2.45, 2.75) is 0 Å². The van der Waals surface area contributed by atoms with Crippen molar-refractivity contribution in [2.75, 3.05) is 0 Å². The third kappa shape index (κ3) is 1690. The number of hydrogen-bond acceptors (Lipinski definition) is 1. The van der Waals surface area contributed by atoms with Crippen molar-refractivity contribution in [2.24, 2.45) is 0 Å². The van der Waals surface area contributed by atoms with Crippen LogP contribution in [-0.4, -0.2) is 29.8 Å². The van der Waals surface area contributed by atoms with Crippen LogP contribution in [-0.2, 0) is 0 Å². The smallest absolute Gasteiger partial charge is 0.463 e. The summed E-state index contributed by atoms with van der Waals surface area (Å²) in [4.78, 5) is 0. The molecule has 0 saturated carbocycles. The maximum absolute atomic E-state index is 9.25. The molecule has 52 valence electrons. The zero-order chi connectivity index (χ0) is 6.71. The molecule has 0 saturated heterocycles. The van der Waals surface area contributed by atoms with Gasteiger partial charge in [-0.25, -0.2) is 19.6 Å². The SMILES string of the molecule is Br.C=C[CH2-].C=N.[CH2-]F.[Mg+2]. The van der Waals surface area contributed by atoms with E-state index in [1.54, 1.807) is 7.18 Å². The van der Waals surface area contributed by atoms with Gasteiger partial charge in [-0.05, 0) is 6.72 Å². The van der Waals surface area contributed by atoms with Crippen LogP contribution in [0, 0.1) is 19.5 Å². The van der Waals surface area contributed by atoms with E-state index in [1.165, 1.54) is 6.08 Å².